The Kier molecular flexibility index (Phi) is 3.59. The van der Waals surface area contributed by atoms with Crippen LogP contribution in [0.5, 0.6) is 0 Å². The van der Waals surface area contributed by atoms with Crippen LogP contribution in [0.4, 0.5) is 5.69 Å². The van der Waals surface area contributed by atoms with Crippen molar-refractivity contribution in [1.82, 2.24) is 14.8 Å². The van der Waals surface area contributed by atoms with E-state index >= 15 is 0 Å². The number of rotatable bonds is 3. The Bertz CT molecular complexity index is 785. The van der Waals surface area contributed by atoms with Gasteiger partial charge in [0.2, 0.25) is 0 Å². The van der Waals surface area contributed by atoms with E-state index in [9.17, 15) is 8.42 Å². The molecule has 8 heteroatoms. The molecule has 3 heterocycles. The van der Waals surface area contributed by atoms with E-state index in [0.717, 1.165) is 25.1 Å². The number of nitrogens with one attached hydrogen (secondary N) is 1. The summed E-state index contributed by atoms with van der Waals surface area (Å²) < 4.78 is 34.0. The second-order valence-electron chi connectivity index (χ2n) is 5.76. The number of hydrogen-bond acceptors (Lipinski definition) is 5. The van der Waals surface area contributed by atoms with Crippen LogP contribution >= 0.6 is 0 Å². The van der Waals surface area contributed by atoms with E-state index in [1.54, 1.807) is 16.6 Å². The van der Waals surface area contributed by atoms with Crippen LogP contribution in [0.3, 0.4) is 0 Å². The lowest BCUT2D eigenvalue weighted by Crippen LogP contribution is -2.41. The zero-order valence-electron chi connectivity index (χ0n) is 12.6. The molecule has 1 aromatic carbocycles. The van der Waals surface area contributed by atoms with Gasteiger partial charge in [-0.15, -0.1) is 0 Å². The first-order valence-electron chi connectivity index (χ1n) is 7.67. The summed E-state index contributed by atoms with van der Waals surface area (Å²) in [5.74, 6) is 0.625. The Labute approximate surface area is 135 Å². The number of nitrogens with zero attached hydrogens (tertiary/aromatic N) is 3. The molecule has 2 saturated heterocycles. The van der Waals surface area contributed by atoms with Crippen LogP contribution in [-0.2, 0) is 10.2 Å². The lowest BCUT2D eigenvalue weighted by Gasteiger charge is -2.24. The van der Waals surface area contributed by atoms with Crippen molar-refractivity contribution >= 4 is 15.9 Å². The topological polar surface area (TPSA) is 78.7 Å². The Morgan fingerprint density at radius 2 is 2.17 bits per heavy atom. The second kappa shape index (κ2) is 5.63. The van der Waals surface area contributed by atoms with Crippen molar-refractivity contribution < 1.29 is 12.9 Å². The van der Waals surface area contributed by atoms with Gasteiger partial charge in [0.05, 0.1) is 11.9 Å². The van der Waals surface area contributed by atoms with E-state index < -0.39 is 10.2 Å². The zero-order chi connectivity index (χ0) is 15.9. The van der Waals surface area contributed by atoms with E-state index in [1.165, 1.54) is 4.31 Å². The molecule has 1 unspecified atom stereocenters. The lowest BCUT2D eigenvalue weighted by atomic mass is 10.1. The van der Waals surface area contributed by atoms with E-state index in [-0.39, 0.29) is 6.04 Å². The summed E-state index contributed by atoms with van der Waals surface area (Å²) in [6.45, 7) is 2.60. The smallest absolute Gasteiger partial charge is 0.304 e. The van der Waals surface area contributed by atoms with Crippen molar-refractivity contribution in [2.75, 3.05) is 30.5 Å². The maximum absolute atomic E-state index is 12.9. The molecule has 2 aromatic rings. The molecule has 2 aliphatic heterocycles. The van der Waals surface area contributed by atoms with Gasteiger partial charge in [-0.05, 0) is 25.1 Å². The SMILES string of the molecule is O=S1(=O)N(c2cccc(-c3ccno3)c2)CCN1C1CCNC1. The van der Waals surface area contributed by atoms with Gasteiger partial charge in [-0.25, -0.2) is 0 Å². The average molecular weight is 334 g/mol. The van der Waals surface area contributed by atoms with Crippen molar-refractivity contribution in [3.8, 4) is 11.3 Å². The highest BCUT2D eigenvalue weighted by Gasteiger charge is 2.41. The second-order valence-corrected chi connectivity index (χ2v) is 7.57. The maximum atomic E-state index is 12.9. The Balaban J connectivity index is 1.65. The van der Waals surface area contributed by atoms with Gasteiger partial charge >= 0.3 is 10.2 Å². The summed E-state index contributed by atoms with van der Waals surface area (Å²) in [5, 5.41) is 6.92. The molecular formula is C15H18N4O3S. The largest absolute Gasteiger partial charge is 0.356 e. The molecule has 4 rings (SSSR count). The molecule has 1 atom stereocenters. The summed E-state index contributed by atoms with van der Waals surface area (Å²) in [6.07, 6.45) is 2.44. The molecule has 7 nitrogen and oxygen atoms in total. The highest BCUT2D eigenvalue weighted by Crippen LogP contribution is 2.31. The minimum Gasteiger partial charge on any atom is -0.356 e. The Morgan fingerprint density at radius 3 is 2.91 bits per heavy atom. The third-order valence-corrected chi connectivity index (χ3v) is 6.42. The molecule has 23 heavy (non-hydrogen) atoms. The van der Waals surface area contributed by atoms with Crippen LogP contribution in [0.2, 0.25) is 0 Å². The molecule has 0 aliphatic carbocycles. The van der Waals surface area contributed by atoms with Crippen LogP contribution in [-0.4, -0.2) is 50.1 Å². The standard InChI is InChI=1S/C15H18N4O3S/c20-23(21)18(8-9-19(23)14-4-6-16-11-14)13-3-1-2-12(10-13)15-5-7-17-22-15/h1-3,5,7,10,14,16H,4,6,8-9,11H2. The maximum Gasteiger partial charge on any atom is 0.304 e. The van der Waals surface area contributed by atoms with Gasteiger partial charge in [-0.1, -0.05) is 17.3 Å². The van der Waals surface area contributed by atoms with Gasteiger partial charge in [-0.3, -0.25) is 4.31 Å². The third kappa shape index (κ3) is 2.52. The van der Waals surface area contributed by atoms with Crippen LogP contribution in [0, 0.1) is 0 Å². The summed E-state index contributed by atoms with van der Waals surface area (Å²) >= 11 is 0. The monoisotopic (exact) mass is 334 g/mol. The number of anilines is 1. The summed E-state index contributed by atoms with van der Waals surface area (Å²) in [5.41, 5.74) is 1.48. The molecule has 0 amide bonds. The normalized spacial score (nSPS) is 24.3. The van der Waals surface area contributed by atoms with Gasteiger partial charge in [-0.2, -0.15) is 12.7 Å². The third-order valence-electron chi connectivity index (χ3n) is 4.40. The van der Waals surface area contributed by atoms with Gasteiger partial charge in [0, 0.05) is 37.3 Å². The molecule has 122 valence electrons. The zero-order valence-corrected chi connectivity index (χ0v) is 13.4. The lowest BCUT2D eigenvalue weighted by molar-refractivity contribution is 0.365. The van der Waals surface area contributed by atoms with Crippen LogP contribution in [0.1, 0.15) is 6.42 Å². The fourth-order valence-corrected chi connectivity index (χ4v) is 5.06. The number of hydrogen-bond donors (Lipinski definition) is 1. The van der Waals surface area contributed by atoms with Crippen molar-refractivity contribution in [3.63, 3.8) is 0 Å². The first-order chi connectivity index (χ1) is 11.2. The molecule has 2 aliphatic rings. The summed E-state index contributed by atoms with van der Waals surface area (Å²) in [6, 6.07) is 9.17. The number of aromatic nitrogens is 1. The predicted molar refractivity (Wildman–Crippen MR) is 86.2 cm³/mol. The molecule has 1 N–H and O–H groups in total. The molecule has 1 aromatic heterocycles. The van der Waals surface area contributed by atoms with E-state index in [0.29, 0.717) is 24.5 Å². The van der Waals surface area contributed by atoms with Gasteiger partial charge in [0.25, 0.3) is 0 Å². The molecule has 0 bridgehead atoms. The van der Waals surface area contributed by atoms with Crippen LogP contribution in [0.15, 0.2) is 41.1 Å². The van der Waals surface area contributed by atoms with Gasteiger partial charge < -0.3 is 9.84 Å². The Hall–Kier alpha value is -1.90. The first-order valence-corrected chi connectivity index (χ1v) is 9.07. The molecule has 2 fully saturated rings. The van der Waals surface area contributed by atoms with Crippen LogP contribution in [0.25, 0.3) is 11.3 Å². The van der Waals surface area contributed by atoms with E-state index in [1.807, 2.05) is 24.3 Å². The molecule has 0 saturated carbocycles. The predicted octanol–water partition coefficient (Wildman–Crippen LogP) is 1.07. The van der Waals surface area contributed by atoms with E-state index in [4.69, 9.17) is 4.52 Å². The quantitative estimate of drug-likeness (QED) is 0.908. The minimum atomic E-state index is -3.47. The highest BCUT2D eigenvalue weighted by molar-refractivity contribution is 7.90. The molecule has 0 spiro atoms. The van der Waals surface area contributed by atoms with Crippen molar-refractivity contribution in [3.05, 3.63) is 36.5 Å². The first kappa shape index (κ1) is 14.7. The fourth-order valence-electron chi connectivity index (χ4n) is 3.24. The summed E-state index contributed by atoms with van der Waals surface area (Å²) in [4.78, 5) is 0. The Morgan fingerprint density at radius 1 is 1.26 bits per heavy atom. The highest BCUT2D eigenvalue weighted by atomic mass is 32.2. The van der Waals surface area contributed by atoms with E-state index in [2.05, 4.69) is 10.5 Å². The summed E-state index contributed by atoms with van der Waals surface area (Å²) in [7, 11) is -3.47. The van der Waals surface area contributed by atoms with Crippen LogP contribution < -0.4 is 9.62 Å². The van der Waals surface area contributed by atoms with Crippen molar-refractivity contribution in [1.29, 1.82) is 0 Å². The van der Waals surface area contributed by atoms with Gasteiger partial charge in [0.15, 0.2) is 5.76 Å². The molecule has 0 radical (unpaired) electrons. The average Bonchev–Trinajstić information content (AvgIpc) is 3.27. The number of benzene rings is 1. The fraction of sp³-hybridized carbons (Fsp3) is 0.400. The minimum absolute atomic E-state index is 0.0578. The van der Waals surface area contributed by atoms with Crippen molar-refractivity contribution in [2.45, 2.75) is 12.5 Å². The van der Waals surface area contributed by atoms with Gasteiger partial charge in [0.1, 0.15) is 0 Å². The van der Waals surface area contributed by atoms with Crippen molar-refractivity contribution in [2.24, 2.45) is 0 Å². The molecular weight excluding hydrogens is 316 g/mol.